The first-order chi connectivity index (χ1) is 9.92. The van der Waals surface area contributed by atoms with Gasteiger partial charge in [-0.05, 0) is 25.1 Å². The summed E-state index contributed by atoms with van der Waals surface area (Å²) in [5.74, 6) is 0. The first-order valence-electron chi connectivity index (χ1n) is 6.31. The third-order valence-corrected chi connectivity index (χ3v) is 3.63. The molecule has 2 aromatic heterocycles. The van der Waals surface area contributed by atoms with Crippen LogP contribution in [0, 0.1) is 6.92 Å². The molecular formula is C14H14N4O2S. The van der Waals surface area contributed by atoms with Crippen LogP contribution in [0.4, 0.5) is 5.69 Å². The van der Waals surface area contributed by atoms with Crippen LogP contribution in [0.5, 0.6) is 0 Å². The zero-order valence-electron chi connectivity index (χ0n) is 11.6. The summed E-state index contributed by atoms with van der Waals surface area (Å²) in [6.45, 7) is 1.96. The lowest BCUT2D eigenvalue weighted by Crippen LogP contribution is -2.09. The highest BCUT2D eigenvalue weighted by Crippen LogP contribution is 2.26. The van der Waals surface area contributed by atoms with E-state index in [1.165, 1.54) is 6.33 Å². The summed E-state index contributed by atoms with van der Waals surface area (Å²) in [6.07, 6.45) is 2.63. The fourth-order valence-electron chi connectivity index (χ4n) is 2.21. The number of H-pyrrole nitrogens is 1. The lowest BCUT2D eigenvalue weighted by molar-refractivity contribution is 0.607. The zero-order valence-corrected chi connectivity index (χ0v) is 12.4. The van der Waals surface area contributed by atoms with E-state index in [2.05, 4.69) is 19.7 Å². The van der Waals surface area contributed by atoms with Crippen LogP contribution in [-0.4, -0.2) is 29.6 Å². The van der Waals surface area contributed by atoms with Crippen LogP contribution >= 0.6 is 0 Å². The van der Waals surface area contributed by atoms with Crippen LogP contribution in [0.15, 0.2) is 36.7 Å². The number of fused-ring (bicyclic) bond motifs is 1. The Bertz CT molecular complexity index is 898. The molecule has 0 aliphatic carbocycles. The van der Waals surface area contributed by atoms with E-state index in [9.17, 15) is 8.42 Å². The summed E-state index contributed by atoms with van der Waals surface area (Å²) < 4.78 is 24.8. The number of hydrogen-bond acceptors (Lipinski definition) is 4. The summed E-state index contributed by atoms with van der Waals surface area (Å²) in [4.78, 5) is 11.7. The molecule has 0 aliphatic heterocycles. The Morgan fingerprint density at radius 2 is 1.86 bits per heavy atom. The van der Waals surface area contributed by atoms with E-state index in [0.29, 0.717) is 5.69 Å². The molecule has 3 aromatic rings. The maximum atomic E-state index is 11.2. The molecule has 7 heteroatoms. The van der Waals surface area contributed by atoms with Crippen molar-refractivity contribution in [3.05, 3.63) is 42.4 Å². The number of anilines is 1. The van der Waals surface area contributed by atoms with E-state index in [1.807, 2.05) is 25.1 Å². The van der Waals surface area contributed by atoms with Crippen LogP contribution < -0.4 is 4.72 Å². The third kappa shape index (κ3) is 2.87. The number of aryl methyl sites for hydroxylation is 1. The normalized spacial score (nSPS) is 11.7. The van der Waals surface area contributed by atoms with Crippen molar-refractivity contribution in [2.45, 2.75) is 6.92 Å². The Hall–Kier alpha value is -2.41. The summed E-state index contributed by atoms with van der Waals surface area (Å²) in [5.41, 5.74) is 4.05. The molecule has 2 N–H and O–H groups in total. The lowest BCUT2D eigenvalue weighted by atomic mass is 10.1. The van der Waals surface area contributed by atoms with Gasteiger partial charge >= 0.3 is 0 Å². The standard InChI is InChI=1S/C14H14N4O2S/c1-9-7-12-13(15-8-16-14(12)17-9)10-3-5-11(6-4-10)18-21(2,19)20/h3-8,18H,1-2H3,(H,15,16,17). The molecule has 0 saturated heterocycles. The quantitative estimate of drug-likeness (QED) is 0.777. The second-order valence-corrected chi connectivity index (χ2v) is 6.64. The van der Waals surface area contributed by atoms with Crippen molar-refractivity contribution in [1.29, 1.82) is 0 Å². The topological polar surface area (TPSA) is 87.7 Å². The van der Waals surface area contributed by atoms with Gasteiger partial charge in [0.25, 0.3) is 0 Å². The van der Waals surface area contributed by atoms with Crippen LogP contribution in [0.1, 0.15) is 5.69 Å². The zero-order chi connectivity index (χ0) is 15.0. The van der Waals surface area contributed by atoms with Gasteiger partial charge in [0.15, 0.2) is 0 Å². The summed E-state index contributed by atoms with van der Waals surface area (Å²) in [7, 11) is -3.27. The highest BCUT2D eigenvalue weighted by Gasteiger charge is 2.09. The largest absolute Gasteiger partial charge is 0.343 e. The van der Waals surface area contributed by atoms with Crippen molar-refractivity contribution in [3.63, 3.8) is 0 Å². The van der Waals surface area contributed by atoms with Gasteiger partial charge in [-0.2, -0.15) is 0 Å². The minimum atomic E-state index is -3.27. The Morgan fingerprint density at radius 3 is 2.52 bits per heavy atom. The Morgan fingerprint density at radius 1 is 1.14 bits per heavy atom. The average Bonchev–Trinajstić information content (AvgIpc) is 2.78. The SMILES string of the molecule is Cc1cc2c(-c3ccc(NS(C)(=O)=O)cc3)ncnc2[nH]1. The fraction of sp³-hybridized carbons (Fsp3) is 0.143. The molecule has 0 spiro atoms. The van der Waals surface area contributed by atoms with Crippen LogP contribution in [0.2, 0.25) is 0 Å². The van der Waals surface area contributed by atoms with Crippen LogP contribution in [0.25, 0.3) is 22.3 Å². The first kappa shape index (κ1) is 13.6. The van der Waals surface area contributed by atoms with Crippen molar-refractivity contribution < 1.29 is 8.42 Å². The average molecular weight is 302 g/mol. The number of sulfonamides is 1. The molecule has 0 amide bonds. The number of nitrogens with zero attached hydrogens (tertiary/aromatic N) is 2. The van der Waals surface area contributed by atoms with Crippen molar-refractivity contribution in [2.24, 2.45) is 0 Å². The third-order valence-electron chi connectivity index (χ3n) is 3.02. The molecule has 0 fully saturated rings. The Balaban J connectivity index is 2.03. The van der Waals surface area contributed by atoms with Gasteiger partial charge < -0.3 is 4.98 Å². The second kappa shape index (κ2) is 4.85. The highest BCUT2D eigenvalue weighted by atomic mass is 32.2. The molecular weight excluding hydrogens is 288 g/mol. The van der Waals surface area contributed by atoms with Gasteiger partial charge in [0.05, 0.1) is 11.9 Å². The van der Waals surface area contributed by atoms with E-state index in [4.69, 9.17) is 0 Å². The highest BCUT2D eigenvalue weighted by molar-refractivity contribution is 7.92. The van der Waals surface area contributed by atoms with E-state index in [0.717, 1.165) is 34.2 Å². The molecule has 108 valence electrons. The molecule has 0 saturated carbocycles. The number of aromatic amines is 1. The Kier molecular flexibility index (Phi) is 3.13. The van der Waals surface area contributed by atoms with Gasteiger partial charge in [-0.3, -0.25) is 4.72 Å². The number of aromatic nitrogens is 3. The van der Waals surface area contributed by atoms with Gasteiger partial charge in [-0.1, -0.05) is 12.1 Å². The van der Waals surface area contributed by atoms with Gasteiger partial charge in [-0.25, -0.2) is 18.4 Å². The van der Waals surface area contributed by atoms with Gasteiger partial charge in [-0.15, -0.1) is 0 Å². The Labute approximate surface area is 122 Å². The smallest absolute Gasteiger partial charge is 0.229 e. The maximum Gasteiger partial charge on any atom is 0.229 e. The number of benzene rings is 1. The molecule has 6 nitrogen and oxygen atoms in total. The van der Waals surface area contributed by atoms with Gasteiger partial charge in [0.2, 0.25) is 10.0 Å². The molecule has 0 atom stereocenters. The molecule has 2 heterocycles. The van der Waals surface area contributed by atoms with Crippen molar-refractivity contribution >= 4 is 26.7 Å². The van der Waals surface area contributed by atoms with Crippen LogP contribution in [0.3, 0.4) is 0 Å². The van der Waals surface area contributed by atoms with E-state index in [-0.39, 0.29) is 0 Å². The molecule has 0 aliphatic rings. The van der Waals surface area contributed by atoms with Gasteiger partial charge in [0, 0.05) is 22.3 Å². The van der Waals surface area contributed by atoms with Crippen molar-refractivity contribution in [1.82, 2.24) is 15.0 Å². The molecule has 1 aromatic carbocycles. The lowest BCUT2D eigenvalue weighted by Gasteiger charge is -2.06. The van der Waals surface area contributed by atoms with E-state index in [1.54, 1.807) is 12.1 Å². The number of rotatable bonds is 3. The molecule has 0 bridgehead atoms. The number of hydrogen-bond donors (Lipinski definition) is 2. The molecule has 21 heavy (non-hydrogen) atoms. The summed E-state index contributed by atoms with van der Waals surface area (Å²) >= 11 is 0. The molecule has 0 radical (unpaired) electrons. The van der Waals surface area contributed by atoms with Gasteiger partial charge in [0.1, 0.15) is 12.0 Å². The summed E-state index contributed by atoms with van der Waals surface area (Å²) in [6, 6.07) is 9.08. The minimum Gasteiger partial charge on any atom is -0.343 e. The fourth-order valence-corrected chi connectivity index (χ4v) is 2.78. The monoisotopic (exact) mass is 302 g/mol. The maximum absolute atomic E-state index is 11.2. The summed E-state index contributed by atoms with van der Waals surface area (Å²) in [5, 5.41) is 0.943. The molecule has 3 rings (SSSR count). The predicted octanol–water partition coefficient (Wildman–Crippen LogP) is 2.30. The molecule has 0 unspecified atom stereocenters. The van der Waals surface area contributed by atoms with E-state index < -0.39 is 10.0 Å². The van der Waals surface area contributed by atoms with Crippen molar-refractivity contribution in [2.75, 3.05) is 11.0 Å². The number of nitrogens with one attached hydrogen (secondary N) is 2. The predicted molar refractivity (Wildman–Crippen MR) is 82.5 cm³/mol. The van der Waals surface area contributed by atoms with Crippen molar-refractivity contribution in [3.8, 4) is 11.3 Å². The van der Waals surface area contributed by atoms with E-state index >= 15 is 0 Å². The minimum absolute atomic E-state index is 0.525. The first-order valence-corrected chi connectivity index (χ1v) is 8.20. The van der Waals surface area contributed by atoms with Crippen LogP contribution in [-0.2, 0) is 10.0 Å². The second-order valence-electron chi connectivity index (χ2n) is 4.89.